The third kappa shape index (κ3) is 2.62. The molecule has 0 bridgehead atoms. The molecule has 1 aliphatic heterocycles. The lowest BCUT2D eigenvalue weighted by Gasteiger charge is -2.39. The van der Waals surface area contributed by atoms with Gasteiger partial charge in [-0.05, 0) is 12.3 Å². The van der Waals surface area contributed by atoms with Crippen LogP contribution >= 0.6 is 0 Å². The predicted octanol–water partition coefficient (Wildman–Crippen LogP) is 0.936. The third-order valence-electron chi connectivity index (χ3n) is 3.40. The number of rotatable bonds is 4. The van der Waals surface area contributed by atoms with Gasteiger partial charge in [-0.1, -0.05) is 25.9 Å². The molecule has 2 heterocycles. The molecule has 6 nitrogen and oxygen atoms in total. The molecule has 0 saturated carbocycles. The molecule has 1 aromatic rings. The van der Waals surface area contributed by atoms with Gasteiger partial charge in [0.15, 0.2) is 5.76 Å². The lowest BCUT2D eigenvalue weighted by Crippen LogP contribution is -2.64. The van der Waals surface area contributed by atoms with Crippen molar-refractivity contribution in [3.8, 4) is 0 Å². The average molecular weight is 265 g/mol. The fraction of sp³-hybridized carbons (Fsp3) is 0.615. The molecule has 6 heteroatoms. The maximum absolute atomic E-state index is 12.5. The van der Waals surface area contributed by atoms with Gasteiger partial charge in [0.25, 0.3) is 0 Å². The van der Waals surface area contributed by atoms with Crippen molar-refractivity contribution in [2.45, 2.75) is 45.8 Å². The summed E-state index contributed by atoms with van der Waals surface area (Å²) in [6.07, 6.45) is 2.11. The topological polar surface area (TPSA) is 75.4 Å². The summed E-state index contributed by atoms with van der Waals surface area (Å²) in [5.41, 5.74) is 0. The van der Waals surface area contributed by atoms with Crippen LogP contribution in [0.15, 0.2) is 16.8 Å². The highest BCUT2D eigenvalue weighted by atomic mass is 16.5. The minimum atomic E-state index is -0.460. The van der Waals surface area contributed by atoms with Gasteiger partial charge in [0.05, 0.1) is 12.7 Å². The van der Waals surface area contributed by atoms with E-state index in [2.05, 4.69) is 10.5 Å². The van der Waals surface area contributed by atoms with E-state index in [0.717, 1.165) is 0 Å². The molecule has 1 saturated heterocycles. The molecule has 0 aromatic carbocycles. The van der Waals surface area contributed by atoms with E-state index < -0.39 is 12.1 Å². The summed E-state index contributed by atoms with van der Waals surface area (Å²) >= 11 is 0. The van der Waals surface area contributed by atoms with Crippen LogP contribution in [0.25, 0.3) is 0 Å². The van der Waals surface area contributed by atoms with Gasteiger partial charge < -0.3 is 14.7 Å². The fourth-order valence-corrected chi connectivity index (χ4v) is 2.32. The van der Waals surface area contributed by atoms with Gasteiger partial charge in [0.1, 0.15) is 12.1 Å². The van der Waals surface area contributed by atoms with Gasteiger partial charge in [-0.25, -0.2) is 0 Å². The Morgan fingerprint density at radius 2 is 2.21 bits per heavy atom. The van der Waals surface area contributed by atoms with Crippen molar-refractivity contribution >= 4 is 11.8 Å². The molecule has 1 aromatic heterocycles. The Balaban J connectivity index is 2.23. The number of amides is 2. The van der Waals surface area contributed by atoms with E-state index in [9.17, 15) is 9.59 Å². The van der Waals surface area contributed by atoms with Crippen molar-refractivity contribution in [1.82, 2.24) is 15.4 Å². The number of nitrogens with zero attached hydrogens (tertiary/aromatic N) is 2. The summed E-state index contributed by atoms with van der Waals surface area (Å²) in [4.78, 5) is 26.1. The van der Waals surface area contributed by atoms with Crippen LogP contribution in [0.2, 0.25) is 0 Å². The number of nitrogens with one attached hydrogen (secondary N) is 1. The second kappa shape index (κ2) is 5.42. The molecular weight excluding hydrogens is 246 g/mol. The monoisotopic (exact) mass is 265 g/mol. The first-order chi connectivity index (χ1) is 9.04. The average Bonchev–Trinajstić information content (AvgIpc) is 2.86. The van der Waals surface area contributed by atoms with E-state index in [4.69, 9.17) is 4.52 Å². The largest absolute Gasteiger partial charge is 0.360 e. The zero-order valence-electron chi connectivity index (χ0n) is 11.4. The predicted molar refractivity (Wildman–Crippen MR) is 67.9 cm³/mol. The maximum Gasteiger partial charge on any atom is 0.246 e. The van der Waals surface area contributed by atoms with E-state index in [-0.39, 0.29) is 24.3 Å². The Kier molecular flexibility index (Phi) is 3.87. The molecule has 1 N–H and O–H groups in total. The van der Waals surface area contributed by atoms with Gasteiger partial charge in [0, 0.05) is 6.07 Å². The van der Waals surface area contributed by atoms with Crippen LogP contribution < -0.4 is 5.32 Å². The Morgan fingerprint density at radius 1 is 1.47 bits per heavy atom. The van der Waals surface area contributed by atoms with Gasteiger partial charge >= 0.3 is 0 Å². The molecule has 0 aliphatic carbocycles. The number of carbonyl (C=O) groups excluding carboxylic acids is 2. The fourth-order valence-electron chi connectivity index (χ4n) is 2.32. The first-order valence-electron chi connectivity index (χ1n) is 6.55. The SMILES string of the molecule is CCC1C(=O)NC(C(C)C)C(=O)N1Cc1ccno1. The minimum Gasteiger partial charge on any atom is -0.360 e. The van der Waals surface area contributed by atoms with E-state index in [1.165, 1.54) is 6.20 Å². The van der Waals surface area contributed by atoms with Crippen molar-refractivity contribution in [3.05, 3.63) is 18.0 Å². The molecule has 0 spiro atoms. The number of hydrogen-bond donors (Lipinski definition) is 1. The summed E-state index contributed by atoms with van der Waals surface area (Å²) in [6, 6.07) is 0.808. The Bertz CT molecular complexity index is 456. The van der Waals surface area contributed by atoms with Crippen molar-refractivity contribution in [2.24, 2.45) is 5.92 Å². The first-order valence-corrected chi connectivity index (χ1v) is 6.55. The van der Waals surface area contributed by atoms with E-state index in [0.29, 0.717) is 12.2 Å². The highest BCUT2D eigenvalue weighted by Crippen LogP contribution is 2.20. The first kappa shape index (κ1) is 13.6. The zero-order valence-corrected chi connectivity index (χ0v) is 11.4. The number of aromatic nitrogens is 1. The summed E-state index contributed by atoms with van der Waals surface area (Å²) < 4.78 is 5.03. The Morgan fingerprint density at radius 3 is 2.74 bits per heavy atom. The van der Waals surface area contributed by atoms with Gasteiger partial charge in [-0.3, -0.25) is 9.59 Å². The summed E-state index contributed by atoms with van der Waals surface area (Å²) in [7, 11) is 0. The van der Waals surface area contributed by atoms with Crippen LogP contribution in [0.5, 0.6) is 0 Å². The lowest BCUT2D eigenvalue weighted by atomic mass is 9.97. The third-order valence-corrected chi connectivity index (χ3v) is 3.40. The van der Waals surface area contributed by atoms with Crippen LogP contribution in [0.4, 0.5) is 0 Å². The molecule has 2 rings (SSSR count). The second-order valence-electron chi connectivity index (χ2n) is 5.10. The van der Waals surface area contributed by atoms with Crippen molar-refractivity contribution in [2.75, 3.05) is 0 Å². The lowest BCUT2D eigenvalue weighted by molar-refractivity contribution is -0.151. The van der Waals surface area contributed by atoms with E-state index >= 15 is 0 Å². The molecule has 104 valence electrons. The molecule has 19 heavy (non-hydrogen) atoms. The second-order valence-corrected chi connectivity index (χ2v) is 5.10. The quantitative estimate of drug-likeness (QED) is 0.879. The molecular formula is C13H19N3O3. The maximum atomic E-state index is 12.5. The van der Waals surface area contributed by atoms with Gasteiger partial charge in [0.2, 0.25) is 11.8 Å². The number of hydrogen-bond acceptors (Lipinski definition) is 4. The number of piperazine rings is 1. The molecule has 2 unspecified atom stereocenters. The van der Waals surface area contributed by atoms with Crippen molar-refractivity contribution in [3.63, 3.8) is 0 Å². The highest BCUT2D eigenvalue weighted by molar-refractivity contribution is 5.97. The van der Waals surface area contributed by atoms with Crippen LogP contribution in [0.1, 0.15) is 33.0 Å². The minimum absolute atomic E-state index is 0.0575. The Hall–Kier alpha value is -1.85. The Labute approximate surface area is 112 Å². The van der Waals surface area contributed by atoms with Crippen LogP contribution in [-0.4, -0.2) is 34.0 Å². The van der Waals surface area contributed by atoms with Crippen LogP contribution in [-0.2, 0) is 16.1 Å². The smallest absolute Gasteiger partial charge is 0.246 e. The van der Waals surface area contributed by atoms with Crippen molar-refractivity contribution in [1.29, 1.82) is 0 Å². The molecule has 2 atom stereocenters. The summed E-state index contributed by atoms with van der Waals surface area (Å²) in [6.45, 7) is 6.01. The van der Waals surface area contributed by atoms with E-state index in [1.807, 2.05) is 20.8 Å². The molecule has 2 amide bonds. The van der Waals surface area contributed by atoms with E-state index in [1.54, 1.807) is 11.0 Å². The van der Waals surface area contributed by atoms with Crippen LogP contribution in [0.3, 0.4) is 0 Å². The molecule has 0 radical (unpaired) electrons. The number of carbonyl (C=O) groups is 2. The standard InChI is InChI=1S/C13H19N3O3/c1-4-10-12(17)15-11(8(2)3)13(18)16(10)7-9-5-6-14-19-9/h5-6,8,10-11H,4,7H2,1-3H3,(H,15,17). The molecule has 1 fully saturated rings. The molecule has 1 aliphatic rings. The van der Waals surface area contributed by atoms with Gasteiger partial charge in [-0.2, -0.15) is 0 Å². The normalized spacial score (nSPS) is 23.9. The van der Waals surface area contributed by atoms with Gasteiger partial charge in [-0.15, -0.1) is 0 Å². The highest BCUT2D eigenvalue weighted by Gasteiger charge is 2.41. The summed E-state index contributed by atoms with van der Waals surface area (Å²) in [5, 5.41) is 6.42. The summed E-state index contributed by atoms with van der Waals surface area (Å²) in [5.74, 6) is 0.494. The van der Waals surface area contributed by atoms with Crippen LogP contribution in [0, 0.1) is 5.92 Å². The van der Waals surface area contributed by atoms with Crippen molar-refractivity contribution < 1.29 is 14.1 Å². The zero-order chi connectivity index (χ0) is 14.0.